The number of halogens is 3. The molecule has 7 nitrogen and oxygen atoms in total. The van der Waals surface area contributed by atoms with Gasteiger partial charge in [-0.2, -0.15) is 18.4 Å². The van der Waals surface area contributed by atoms with Gasteiger partial charge in [-0.15, -0.1) is 0 Å². The first-order valence-corrected chi connectivity index (χ1v) is 13.7. The maximum atomic E-state index is 13.6. The molecule has 2 fully saturated rings. The highest BCUT2D eigenvalue weighted by molar-refractivity contribution is 7.81. The summed E-state index contributed by atoms with van der Waals surface area (Å²) in [5.74, 6) is 0.516. The number of aliphatic imine (C=N–C) groups is 1. The number of hydrogen-bond donors (Lipinski definition) is 2. The fourth-order valence-electron chi connectivity index (χ4n) is 5.24. The number of nitrogens with zero attached hydrogens (tertiary/aromatic N) is 5. The summed E-state index contributed by atoms with van der Waals surface area (Å²) in [6.07, 6.45) is -2.44. The molecular formula is C30H23F3N6OS2. The van der Waals surface area contributed by atoms with Crippen molar-refractivity contribution >= 4 is 63.2 Å². The molecule has 5 rings (SSSR count). The first-order chi connectivity index (χ1) is 20.0. The zero-order valence-corrected chi connectivity index (χ0v) is 23.9. The van der Waals surface area contributed by atoms with Crippen molar-refractivity contribution in [1.82, 2.24) is 0 Å². The van der Waals surface area contributed by atoms with Crippen molar-refractivity contribution in [2.24, 2.45) is 4.99 Å². The van der Waals surface area contributed by atoms with E-state index in [4.69, 9.17) is 41.3 Å². The molecule has 0 amide bonds. The quantitative estimate of drug-likeness (QED) is 0.240. The van der Waals surface area contributed by atoms with Crippen molar-refractivity contribution in [3.05, 3.63) is 94.3 Å². The number of nitrogens with one attached hydrogen (secondary N) is 1. The number of hydrogen-bond acceptors (Lipinski definition) is 4. The second kappa shape index (κ2) is 11.1. The molecule has 12 heteroatoms. The lowest BCUT2D eigenvalue weighted by Gasteiger charge is -2.44. The number of anilines is 3. The Balaban J connectivity index is 1.60. The van der Waals surface area contributed by atoms with Gasteiger partial charge in [-0.3, -0.25) is 4.90 Å². The van der Waals surface area contributed by atoms with Gasteiger partial charge in [-0.1, -0.05) is 18.2 Å². The van der Waals surface area contributed by atoms with E-state index in [1.807, 2.05) is 42.2 Å². The number of thiocarbonyl (C=S) groups is 2. The number of aliphatic hydroxyl groups is 1. The van der Waals surface area contributed by atoms with Crippen LogP contribution in [0.15, 0.2) is 65.7 Å². The van der Waals surface area contributed by atoms with Gasteiger partial charge in [0, 0.05) is 17.1 Å². The Labute approximate surface area is 251 Å². The number of aryl methyl sites for hydroxylation is 1. The predicted octanol–water partition coefficient (Wildman–Crippen LogP) is 7.26. The van der Waals surface area contributed by atoms with Gasteiger partial charge >= 0.3 is 6.18 Å². The molecule has 1 saturated heterocycles. The fourth-order valence-corrected chi connectivity index (χ4v) is 5.92. The first-order valence-electron chi connectivity index (χ1n) is 12.9. The van der Waals surface area contributed by atoms with Gasteiger partial charge in [0.25, 0.3) is 0 Å². The van der Waals surface area contributed by atoms with E-state index in [9.17, 15) is 18.3 Å². The van der Waals surface area contributed by atoms with Crippen molar-refractivity contribution in [3.8, 4) is 6.07 Å². The van der Waals surface area contributed by atoms with Crippen molar-refractivity contribution in [3.63, 3.8) is 0 Å². The summed E-state index contributed by atoms with van der Waals surface area (Å²) < 4.78 is 40.7. The van der Waals surface area contributed by atoms with Crippen LogP contribution in [0.2, 0.25) is 0 Å². The number of alkyl halides is 3. The monoisotopic (exact) mass is 604 g/mol. The number of nitriles is 1. The number of aliphatic hydroxyl groups excluding tert-OH is 1. The molecule has 212 valence electrons. The Morgan fingerprint density at radius 3 is 2.38 bits per heavy atom. The third kappa shape index (κ3) is 5.09. The van der Waals surface area contributed by atoms with Gasteiger partial charge < -0.3 is 15.3 Å². The second-order valence-corrected chi connectivity index (χ2v) is 10.7. The van der Waals surface area contributed by atoms with Gasteiger partial charge in [0.1, 0.15) is 11.4 Å². The van der Waals surface area contributed by atoms with E-state index < -0.39 is 22.8 Å². The van der Waals surface area contributed by atoms with E-state index in [-0.39, 0.29) is 17.4 Å². The van der Waals surface area contributed by atoms with Crippen molar-refractivity contribution < 1.29 is 18.3 Å². The van der Waals surface area contributed by atoms with Gasteiger partial charge in [0.2, 0.25) is 0 Å². The normalized spacial score (nSPS) is 16.7. The molecule has 0 atom stereocenters. The van der Waals surface area contributed by atoms with Gasteiger partial charge in [-0.05, 0) is 104 Å². The lowest BCUT2D eigenvalue weighted by molar-refractivity contribution is -0.137. The molecule has 0 unspecified atom stereocenters. The molecule has 2 aliphatic rings. The van der Waals surface area contributed by atoms with Crippen molar-refractivity contribution in [2.45, 2.75) is 44.5 Å². The molecule has 1 aliphatic carbocycles. The standard InChI is InChI=1S/C30H23F3N6OS2/c1-18-14-23(10-11-25(18)35-2)38-26(37-27(41)36-21-7-6-20(16-34)24(15-21)30(31,32)33)29(12-3-13-29)39(28(38)42)22-8-4-19(17-40)5-9-22/h4-11,14-15,40H,3,12-13,17H2,1H3,(H,36,41). The van der Waals surface area contributed by atoms with Crippen LogP contribution < -0.4 is 15.1 Å². The highest BCUT2D eigenvalue weighted by Crippen LogP contribution is 2.49. The van der Waals surface area contributed by atoms with E-state index in [0.29, 0.717) is 35.2 Å². The molecule has 0 bridgehead atoms. The van der Waals surface area contributed by atoms with Crippen LogP contribution in [0.5, 0.6) is 0 Å². The van der Waals surface area contributed by atoms with Crippen LogP contribution in [0.4, 0.5) is 35.9 Å². The fraction of sp³-hybridized carbons (Fsp3) is 0.233. The maximum Gasteiger partial charge on any atom is 0.417 e. The molecule has 3 aromatic rings. The predicted molar refractivity (Wildman–Crippen MR) is 164 cm³/mol. The lowest BCUT2D eigenvalue weighted by Crippen LogP contribution is -2.55. The topological polar surface area (TPSA) is 79.2 Å². The van der Waals surface area contributed by atoms with Crippen LogP contribution in [0.3, 0.4) is 0 Å². The van der Waals surface area contributed by atoms with Crippen molar-refractivity contribution in [2.75, 3.05) is 15.1 Å². The third-order valence-electron chi connectivity index (χ3n) is 7.46. The lowest BCUT2D eigenvalue weighted by atomic mass is 9.74. The van der Waals surface area contributed by atoms with Crippen LogP contribution in [0.25, 0.3) is 4.85 Å². The summed E-state index contributed by atoms with van der Waals surface area (Å²) in [7, 11) is 0. The van der Waals surface area contributed by atoms with Crippen LogP contribution >= 0.6 is 24.4 Å². The van der Waals surface area contributed by atoms with E-state index >= 15 is 0 Å². The Morgan fingerprint density at radius 2 is 1.83 bits per heavy atom. The molecule has 0 radical (unpaired) electrons. The van der Waals surface area contributed by atoms with Crippen LogP contribution in [0.1, 0.15) is 41.5 Å². The third-order valence-corrected chi connectivity index (χ3v) is 8.02. The Bertz CT molecular complexity index is 1700. The molecule has 1 spiro atoms. The Hall–Kier alpha value is -4.36. The van der Waals surface area contributed by atoms with E-state index in [2.05, 4.69) is 10.2 Å². The van der Waals surface area contributed by atoms with Crippen LogP contribution in [-0.2, 0) is 12.8 Å². The van der Waals surface area contributed by atoms with E-state index in [0.717, 1.165) is 35.4 Å². The summed E-state index contributed by atoms with van der Waals surface area (Å²) >= 11 is 11.6. The van der Waals surface area contributed by atoms with E-state index in [1.165, 1.54) is 6.07 Å². The largest absolute Gasteiger partial charge is 0.417 e. The Kier molecular flexibility index (Phi) is 7.73. The van der Waals surface area contributed by atoms with Crippen LogP contribution in [-0.4, -0.2) is 26.7 Å². The summed E-state index contributed by atoms with van der Waals surface area (Å²) in [5, 5.41) is 21.8. The molecule has 1 heterocycles. The zero-order chi connectivity index (χ0) is 30.2. The molecule has 2 N–H and O–H groups in total. The smallest absolute Gasteiger partial charge is 0.392 e. The zero-order valence-electron chi connectivity index (χ0n) is 22.2. The first kappa shape index (κ1) is 29.1. The number of benzene rings is 3. The molecule has 1 aliphatic heterocycles. The summed E-state index contributed by atoms with van der Waals surface area (Å²) in [6.45, 7) is 9.15. The van der Waals surface area contributed by atoms with E-state index in [1.54, 1.807) is 23.1 Å². The van der Waals surface area contributed by atoms with Gasteiger partial charge in [-0.25, -0.2) is 9.84 Å². The van der Waals surface area contributed by atoms with Crippen molar-refractivity contribution in [1.29, 1.82) is 5.26 Å². The SMILES string of the molecule is [C-]#[N+]c1ccc(N2C(=S)N(c3ccc(CO)cc3)C3(CCC3)C2=NC(=S)Nc2ccc(C#N)c(C(F)(F)F)c2)cc1C. The average Bonchev–Trinajstić information content (AvgIpc) is 3.20. The minimum atomic E-state index is -4.72. The molecule has 3 aromatic carbocycles. The summed E-state index contributed by atoms with van der Waals surface area (Å²) in [4.78, 5) is 12.1. The maximum absolute atomic E-state index is 13.6. The highest BCUT2D eigenvalue weighted by atomic mass is 32.1. The average molecular weight is 605 g/mol. The molecule has 1 saturated carbocycles. The highest BCUT2D eigenvalue weighted by Gasteiger charge is 2.58. The second-order valence-electron chi connectivity index (χ2n) is 9.98. The minimum absolute atomic E-state index is 0.0409. The minimum Gasteiger partial charge on any atom is -0.392 e. The molecule has 0 aromatic heterocycles. The van der Waals surface area contributed by atoms with Gasteiger partial charge in [0.15, 0.2) is 15.9 Å². The van der Waals surface area contributed by atoms with Gasteiger partial charge in [0.05, 0.1) is 30.4 Å². The van der Waals surface area contributed by atoms with Crippen LogP contribution in [0, 0.1) is 24.8 Å². The number of rotatable bonds is 4. The summed E-state index contributed by atoms with van der Waals surface area (Å²) in [5.41, 5.74) is 1.26. The summed E-state index contributed by atoms with van der Waals surface area (Å²) in [6, 6.07) is 17.5. The Morgan fingerprint density at radius 1 is 1.14 bits per heavy atom. The molecular weight excluding hydrogens is 581 g/mol. The number of amidine groups is 1. The molecule has 42 heavy (non-hydrogen) atoms.